The maximum atomic E-state index is 9.51. The van der Waals surface area contributed by atoms with Crippen LogP contribution >= 0.6 is 0 Å². The molecule has 6 nitrogen and oxygen atoms in total. The van der Waals surface area contributed by atoms with E-state index in [0.717, 1.165) is 9.80 Å². The summed E-state index contributed by atoms with van der Waals surface area (Å²) in [6.45, 7) is 0. The summed E-state index contributed by atoms with van der Waals surface area (Å²) in [6, 6.07) is 0. The van der Waals surface area contributed by atoms with Crippen LogP contribution in [0.3, 0.4) is 0 Å². The Balaban J connectivity index is -0.000000143. The predicted molar refractivity (Wildman–Crippen MR) is 38.2 cm³/mol. The fourth-order valence-electron chi connectivity index (χ4n) is 0. The van der Waals surface area contributed by atoms with E-state index in [1.807, 2.05) is 0 Å². The molecule has 0 saturated carbocycles. The average molecular weight is 235 g/mol. The third-order valence-electron chi connectivity index (χ3n) is 0.730. The van der Waals surface area contributed by atoms with Crippen molar-refractivity contribution in [1.82, 2.24) is 9.80 Å². The van der Waals surface area contributed by atoms with E-state index in [1.54, 1.807) is 0 Å². The fourth-order valence-corrected chi connectivity index (χ4v) is 0. The Morgan fingerprint density at radius 3 is 0.923 bits per heavy atom. The molecular formula is C6H12N2NiO4. The Morgan fingerprint density at radius 1 is 0.846 bits per heavy atom. The van der Waals surface area contributed by atoms with Gasteiger partial charge in [0.15, 0.2) is 0 Å². The van der Waals surface area contributed by atoms with Gasteiger partial charge >= 0.3 is 16.5 Å². The van der Waals surface area contributed by atoms with Crippen molar-refractivity contribution in [2.75, 3.05) is 28.2 Å². The molecule has 0 aromatic rings. The Kier molecular flexibility index (Phi) is 12.6. The van der Waals surface area contributed by atoms with Crippen LogP contribution in [0.2, 0.25) is 0 Å². The number of nitrogens with zero attached hydrogens (tertiary/aromatic N) is 2. The summed E-state index contributed by atoms with van der Waals surface area (Å²) in [5.74, 6) is 0. The Bertz CT molecular complexity index is 143. The second kappa shape index (κ2) is 9.12. The summed E-state index contributed by atoms with van der Waals surface area (Å²) >= 11 is 0. The maximum absolute atomic E-state index is 9.51. The van der Waals surface area contributed by atoms with Crippen molar-refractivity contribution in [3.63, 3.8) is 0 Å². The molecule has 0 unspecified atom stereocenters. The molecule has 0 heterocycles. The normalized spacial score (nSPS) is 7.08. The van der Waals surface area contributed by atoms with Gasteiger partial charge < -0.3 is 29.6 Å². The molecule has 0 aliphatic heterocycles. The van der Waals surface area contributed by atoms with Crippen molar-refractivity contribution < 1.29 is 36.3 Å². The van der Waals surface area contributed by atoms with Crippen molar-refractivity contribution in [1.29, 1.82) is 0 Å². The smallest absolute Gasteiger partial charge is 0.530 e. The first-order valence-electron chi connectivity index (χ1n) is 3.05. The Morgan fingerprint density at radius 2 is 0.923 bits per heavy atom. The van der Waals surface area contributed by atoms with Gasteiger partial charge in [-0.15, -0.1) is 0 Å². The molecule has 0 radical (unpaired) electrons. The summed E-state index contributed by atoms with van der Waals surface area (Å²) in [6.07, 6.45) is -2.31. The van der Waals surface area contributed by atoms with Crippen LogP contribution in [0, 0.1) is 0 Å². The summed E-state index contributed by atoms with van der Waals surface area (Å²) in [5, 5.41) is 19.0. The standard InChI is InChI=1S/2C3H7NO2.Ni/c2*1-4(2)3(5)6;/h2*1-2H3,(H,5,6);/q;;+2/p-2. The topological polar surface area (TPSA) is 86.7 Å². The van der Waals surface area contributed by atoms with Gasteiger partial charge in [-0.05, 0) is 0 Å². The minimum atomic E-state index is -1.16. The number of hydrogen-bond acceptors (Lipinski definition) is 4. The van der Waals surface area contributed by atoms with Crippen molar-refractivity contribution in [2.45, 2.75) is 0 Å². The zero-order chi connectivity index (χ0) is 10.3. The molecule has 0 aliphatic rings. The molecule has 2 amide bonds. The van der Waals surface area contributed by atoms with Crippen LogP contribution in [-0.4, -0.2) is 50.2 Å². The molecule has 80 valence electrons. The number of carbonyl (C=O) groups excluding carboxylic acids is 2. The van der Waals surface area contributed by atoms with Crippen molar-refractivity contribution >= 4 is 12.2 Å². The van der Waals surface area contributed by atoms with Crippen LogP contribution in [0.25, 0.3) is 0 Å². The molecule has 0 aliphatic carbocycles. The Labute approximate surface area is 87.0 Å². The summed E-state index contributed by atoms with van der Waals surface area (Å²) < 4.78 is 0. The maximum Gasteiger partial charge on any atom is 2.00 e. The second-order valence-corrected chi connectivity index (χ2v) is 2.32. The summed E-state index contributed by atoms with van der Waals surface area (Å²) in [4.78, 5) is 21.0. The number of hydrogen-bond donors (Lipinski definition) is 0. The van der Waals surface area contributed by atoms with E-state index in [2.05, 4.69) is 0 Å². The molecule has 0 fully saturated rings. The van der Waals surface area contributed by atoms with E-state index >= 15 is 0 Å². The summed E-state index contributed by atoms with van der Waals surface area (Å²) in [5.41, 5.74) is 0. The zero-order valence-corrected chi connectivity index (χ0v) is 8.83. The van der Waals surface area contributed by atoms with Crippen LogP contribution in [0.1, 0.15) is 0 Å². The quantitative estimate of drug-likeness (QED) is 0.445. The fraction of sp³-hybridized carbons (Fsp3) is 0.667. The van der Waals surface area contributed by atoms with E-state index in [0.29, 0.717) is 0 Å². The van der Waals surface area contributed by atoms with E-state index in [1.165, 1.54) is 28.2 Å². The summed E-state index contributed by atoms with van der Waals surface area (Å²) in [7, 11) is 5.65. The number of rotatable bonds is 0. The molecule has 0 bridgehead atoms. The van der Waals surface area contributed by atoms with Gasteiger partial charge in [-0.1, -0.05) is 0 Å². The first kappa shape index (κ1) is 18.0. The van der Waals surface area contributed by atoms with Gasteiger partial charge in [-0.3, -0.25) is 0 Å². The molecule has 0 N–H and O–H groups in total. The number of amides is 2. The Hall–Kier alpha value is -0.966. The second-order valence-electron chi connectivity index (χ2n) is 2.32. The molecule has 0 aromatic carbocycles. The monoisotopic (exact) mass is 234 g/mol. The van der Waals surface area contributed by atoms with Gasteiger partial charge in [0, 0.05) is 28.2 Å². The largest absolute Gasteiger partial charge is 2.00 e. The van der Waals surface area contributed by atoms with E-state index in [9.17, 15) is 19.8 Å². The average Bonchev–Trinajstić information content (AvgIpc) is 1.88. The van der Waals surface area contributed by atoms with Crippen LogP contribution in [0.5, 0.6) is 0 Å². The van der Waals surface area contributed by atoms with Gasteiger partial charge in [0.25, 0.3) is 0 Å². The molecule has 0 saturated heterocycles. The molecule has 0 atom stereocenters. The van der Waals surface area contributed by atoms with Gasteiger partial charge in [0.2, 0.25) is 0 Å². The third-order valence-corrected chi connectivity index (χ3v) is 0.730. The van der Waals surface area contributed by atoms with E-state index < -0.39 is 12.2 Å². The molecule has 0 spiro atoms. The first-order chi connectivity index (χ1) is 5.29. The zero-order valence-electron chi connectivity index (χ0n) is 7.84. The molecule has 0 aromatic heterocycles. The van der Waals surface area contributed by atoms with Gasteiger partial charge in [-0.25, -0.2) is 0 Å². The van der Waals surface area contributed by atoms with Crippen LogP contribution in [0.15, 0.2) is 0 Å². The van der Waals surface area contributed by atoms with Gasteiger partial charge in [0.05, 0.1) is 0 Å². The first-order valence-corrected chi connectivity index (χ1v) is 3.05. The minimum absolute atomic E-state index is 0. The van der Waals surface area contributed by atoms with Crippen molar-refractivity contribution in [3.05, 3.63) is 0 Å². The molecule has 13 heavy (non-hydrogen) atoms. The van der Waals surface area contributed by atoms with Crippen LogP contribution in [-0.2, 0) is 16.5 Å². The van der Waals surface area contributed by atoms with Crippen molar-refractivity contribution in [3.8, 4) is 0 Å². The van der Waals surface area contributed by atoms with Crippen molar-refractivity contribution in [2.24, 2.45) is 0 Å². The number of carboxylic acid groups (broad SMARTS) is 2. The predicted octanol–water partition coefficient (Wildman–Crippen LogP) is -2.22. The SMILES string of the molecule is CN(C)C(=O)[O-].CN(C)C(=O)[O-].[Ni+2]. The van der Waals surface area contributed by atoms with Crippen LogP contribution in [0.4, 0.5) is 9.59 Å². The molecule has 7 heteroatoms. The van der Waals surface area contributed by atoms with Gasteiger partial charge in [0.1, 0.15) is 12.2 Å². The van der Waals surface area contributed by atoms with E-state index in [4.69, 9.17) is 0 Å². The minimum Gasteiger partial charge on any atom is -0.530 e. The third kappa shape index (κ3) is 18.2. The van der Waals surface area contributed by atoms with Crippen LogP contribution < -0.4 is 10.2 Å². The van der Waals surface area contributed by atoms with E-state index in [-0.39, 0.29) is 16.5 Å². The van der Waals surface area contributed by atoms with Gasteiger partial charge in [-0.2, -0.15) is 0 Å². The molecule has 0 rings (SSSR count). The number of carbonyl (C=O) groups is 2. The molecular weight excluding hydrogens is 223 g/mol.